The number of nitrogens with zero attached hydrogens (tertiary/aromatic N) is 2. The zero-order chi connectivity index (χ0) is 18.2. The lowest BCUT2D eigenvalue weighted by Crippen LogP contribution is -2.28. The van der Waals surface area contributed by atoms with Gasteiger partial charge in [-0.2, -0.15) is 8.78 Å². The molecule has 1 aliphatic heterocycles. The first-order chi connectivity index (χ1) is 10.9. The quantitative estimate of drug-likeness (QED) is 0.754. The third kappa shape index (κ3) is 4.13. The molecule has 0 spiro atoms. The van der Waals surface area contributed by atoms with Crippen molar-refractivity contribution in [2.45, 2.75) is 36.5 Å². The number of allylic oxidation sites excluding steroid dienone is 1. The highest BCUT2D eigenvalue weighted by Gasteiger charge is 2.33. The van der Waals surface area contributed by atoms with E-state index in [-0.39, 0.29) is 23.4 Å². The molecule has 132 valence electrons. The normalized spacial score (nSPS) is 16.8. The summed E-state index contributed by atoms with van der Waals surface area (Å²) in [6.45, 7) is 5.96. The van der Waals surface area contributed by atoms with Crippen molar-refractivity contribution in [3.8, 4) is 0 Å². The predicted octanol–water partition coefficient (Wildman–Crippen LogP) is 3.77. The molecule has 0 saturated heterocycles. The number of hydrogen-bond acceptors (Lipinski definition) is 3. The second-order valence-corrected chi connectivity index (χ2v) is 8.84. The largest absolute Gasteiger partial charge is 0.364 e. The SMILES string of the molecule is CC(C)(C)c1ccc(S(=O)(=O)N2C=CC(C(F)(F)Cl)=NCC2)cc1. The Morgan fingerprint density at radius 1 is 1.17 bits per heavy atom. The molecule has 2 rings (SSSR count). The monoisotopic (exact) mass is 376 g/mol. The molecule has 0 unspecified atom stereocenters. The third-order valence-corrected chi connectivity index (χ3v) is 5.60. The van der Waals surface area contributed by atoms with E-state index in [1.807, 2.05) is 20.8 Å². The lowest BCUT2D eigenvalue weighted by atomic mass is 9.87. The standard InChI is InChI=1S/C16H19ClF2N2O2S/c1-15(2,3)12-4-6-13(7-5-12)24(22,23)21-10-8-14(16(17,18)19)20-9-11-21/h4-8,10H,9,11H2,1-3H3. The van der Waals surface area contributed by atoms with E-state index in [4.69, 9.17) is 11.6 Å². The summed E-state index contributed by atoms with van der Waals surface area (Å²) in [5, 5.41) is -3.62. The second-order valence-electron chi connectivity index (χ2n) is 6.47. The maximum atomic E-state index is 13.1. The van der Waals surface area contributed by atoms with Gasteiger partial charge >= 0.3 is 5.38 Å². The maximum absolute atomic E-state index is 13.1. The van der Waals surface area contributed by atoms with E-state index < -0.39 is 21.1 Å². The summed E-state index contributed by atoms with van der Waals surface area (Å²) >= 11 is 4.94. The zero-order valence-corrected chi connectivity index (χ0v) is 15.2. The minimum Gasteiger partial charge on any atom is -0.280 e. The Hall–Kier alpha value is -1.47. The van der Waals surface area contributed by atoms with Gasteiger partial charge in [0.25, 0.3) is 10.0 Å². The predicted molar refractivity (Wildman–Crippen MR) is 91.3 cm³/mol. The maximum Gasteiger partial charge on any atom is 0.364 e. The van der Waals surface area contributed by atoms with Crippen LogP contribution in [0.1, 0.15) is 26.3 Å². The second kappa shape index (κ2) is 6.44. The van der Waals surface area contributed by atoms with Crippen molar-refractivity contribution in [3.05, 3.63) is 42.1 Å². The first-order valence-electron chi connectivity index (χ1n) is 7.34. The molecular weight excluding hydrogens is 358 g/mol. The van der Waals surface area contributed by atoms with Gasteiger partial charge in [0, 0.05) is 6.20 Å². The zero-order valence-electron chi connectivity index (χ0n) is 13.6. The Labute approximate surface area is 145 Å². The molecule has 8 heteroatoms. The molecule has 0 saturated carbocycles. The third-order valence-electron chi connectivity index (χ3n) is 3.62. The van der Waals surface area contributed by atoms with Crippen LogP contribution in [0.3, 0.4) is 0 Å². The molecule has 0 amide bonds. The number of sulfonamides is 1. The number of rotatable bonds is 3. The lowest BCUT2D eigenvalue weighted by molar-refractivity contribution is 0.176. The highest BCUT2D eigenvalue weighted by molar-refractivity contribution is 7.89. The van der Waals surface area contributed by atoms with Gasteiger partial charge in [0.2, 0.25) is 0 Å². The van der Waals surface area contributed by atoms with Gasteiger partial charge in [0.1, 0.15) is 5.71 Å². The summed E-state index contributed by atoms with van der Waals surface area (Å²) in [5.41, 5.74) is 0.254. The van der Waals surface area contributed by atoms with Crippen molar-refractivity contribution < 1.29 is 17.2 Å². The molecule has 0 atom stereocenters. The summed E-state index contributed by atoms with van der Waals surface area (Å²) in [6.07, 6.45) is 2.01. The molecule has 0 aromatic heterocycles. The van der Waals surface area contributed by atoms with Crippen molar-refractivity contribution in [1.29, 1.82) is 0 Å². The van der Waals surface area contributed by atoms with Crippen LogP contribution in [0, 0.1) is 0 Å². The molecule has 1 aromatic carbocycles. The van der Waals surface area contributed by atoms with Gasteiger partial charge in [-0.3, -0.25) is 9.30 Å². The van der Waals surface area contributed by atoms with Gasteiger partial charge in [-0.1, -0.05) is 32.9 Å². The Morgan fingerprint density at radius 2 is 1.75 bits per heavy atom. The highest BCUT2D eigenvalue weighted by atomic mass is 35.5. The van der Waals surface area contributed by atoms with E-state index in [9.17, 15) is 17.2 Å². The molecular formula is C16H19ClF2N2O2S. The fourth-order valence-electron chi connectivity index (χ4n) is 2.20. The van der Waals surface area contributed by atoms with Crippen LogP contribution in [-0.2, 0) is 15.4 Å². The van der Waals surface area contributed by atoms with E-state index in [0.29, 0.717) is 0 Å². The molecule has 4 nitrogen and oxygen atoms in total. The topological polar surface area (TPSA) is 49.7 Å². The average molecular weight is 377 g/mol. The van der Waals surface area contributed by atoms with Crippen LogP contribution in [0.25, 0.3) is 0 Å². The number of halogens is 3. The summed E-state index contributed by atoms with van der Waals surface area (Å²) < 4.78 is 52.5. The van der Waals surface area contributed by atoms with Gasteiger partial charge in [0.05, 0.1) is 18.0 Å². The average Bonchev–Trinajstić information content (AvgIpc) is 2.72. The van der Waals surface area contributed by atoms with Crippen LogP contribution >= 0.6 is 11.6 Å². The molecule has 0 radical (unpaired) electrons. The summed E-state index contributed by atoms with van der Waals surface area (Å²) in [4.78, 5) is 3.74. The van der Waals surface area contributed by atoms with Crippen molar-refractivity contribution in [2.24, 2.45) is 4.99 Å². The number of benzene rings is 1. The van der Waals surface area contributed by atoms with E-state index >= 15 is 0 Å². The minimum atomic E-state index is -3.83. The van der Waals surface area contributed by atoms with Crippen LogP contribution in [0.15, 0.2) is 46.4 Å². The van der Waals surface area contributed by atoms with E-state index in [1.54, 1.807) is 12.1 Å². The summed E-state index contributed by atoms with van der Waals surface area (Å²) in [5.74, 6) is 0. The Bertz CT molecular complexity index is 761. The molecule has 0 fully saturated rings. The molecule has 1 heterocycles. The lowest BCUT2D eigenvalue weighted by Gasteiger charge is -2.21. The van der Waals surface area contributed by atoms with Crippen molar-refractivity contribution >= 4 is 27.3 Å². The molecule has 1 aliphatic rings. The van der Waals surface area contributed by atoms with Gasteiger partial charge < -0.3 is 0 Å². The summed E-state index contributed by atoms with van der Waals surface area (Å²) in [7, 11) is -3.83. The van der Waals surface area contributed by atoms with Gasteiger partial charge in [-0.05, 0) is 40.8 Å². The highest BCUT2D eigenvalue weighted by Crippen LogP contribution is 2.26. The van der Waals surface area contributed by atoms with Gasteiger partial charge in [-0.15, -0.1) is 0 Å². The fourth-order valence-corrected chi connectivity index (χ4v) is 3.61. The molecule has 0 aliphatic carbocycles. The van der Waals surface area contributed by atoms with E-state index in [2.05, 4.69) is 4.99 Å². The van der Waals surface area contributed by atoms with E-state index in [0.717, 1.165) is 22.1 Å². The number of alkyl halides is 3. The first kappa shape index (κ1) is 18.9. The van der Waals surface area contributed by atoms with Gasteiger partial charge in [-0.25, -0.2) is 8.42 Å². The van der Waals surface area contributed by atoms with E-state index in [1.165, 1.54) is 12.1 Å². The van der Waals surface area contributed by atoms with Crippen molar-refractivity contribution in [3.63, 3.8) is 0 Å². The van der Waals surface area contributed by atoms with Crippen molar-refractivity contribution in [1.82, 2.24) is 4.31 Å². The molecule has 24 heavy (non-hydrogen) atoms. The minimum absolute atomic E-state index is 0.0314. The first-order valence-corrected chi connectivity index (χ1v) is 9.16. The van der Waals surface area contributed by atoms with Gasteiger partial charge in [0.15, 0.2) is 0 Å². The molecule has 1 aromatic rings. The smallest absolute Gasteiger partial charge is 0.280 e. The van der Waals surface area contributed by atoms with Crippen LogP contribution in [-0.4, -0.2) is 36.9 Å². The number of aliphatic imine (C=N–C) groups is 1. The summed E-state index contributed by atoms with van der Waals surface area (Å²) in [6, 6.07) is 6.55. The van der Waals surface area contributed by atoms with Crippen LogP contribution in [0.5, 0.6) is 0 Å². The van der Waals surface area contributed by atoms with Crippen LogP contribution in [0.4, 0.5) is 8.78 Å². The molecule has 0 bridgehead atoms. The van der Waals surface area contributed by atoms with Crippen LogP contribution < -0.4 is 0 Å². The Morgan fingerprint density at radius 3 is 2.25 bits per heavy atom. The fraction of sp³-hybridized carbons (Fsp3) is 0.438. The molecule has 0 N–H and O–H groups in total. The Balaban J connectivity index is 2.28. The Kier molecular flexibility index (Phi) is 5.06. The number of hydrogen-bond donors (Lipinski definition) is 0. The van der Waals surface area contributed by atoms with Crippen LogP contribution in [0.2, 0.25) is 0 Å². The van der Waals surface area contributed by atoms with Crippen molar-refractivity contribution in [2.75, 3.05) is 13.1 Å².